The van der Waals surface area contributed by atoms with Crippen LogP contribution in [0.1, 0.15) is 40.2 Å². The van der Waals surface area contributed by atoms with E-state index in [0.29, 0.717) is 19.6 Å². The zero-order valence-corrected chi connectivity index (χ0v) is 22.1. The molecule has 3 atom stereocenters. The Bertz CT molecular complexity index is 1470. The molecule has 8 heteroatoms. The lowest BCUT2D eigenvalue weighted by molar-refractivity contribution is -0.139. The Kier molecular flexibility index (Phi) is 6.70. The Morgan fingerprint density at radius 3 is 2.70 bits per heavy atom. The molecule has 3 aromatic rings. The summed E-state index contributed by atoms with van der Waals surface area (Å²) in [6.07, 6.45) is 4.46. The number of hydrogen-bond acceptors (Lipinski definition) is 6. The lowest BCUT2D eigenvalue weighted by Crippen LogP contribution is -2.10. The van der Waals surface area contributed by atoms with Crippen molar-refractivity contribution in [3.8, 4) is 16.9 Å². The number of aliphatic carboxylic acids is 1. The third-order valence-electron chi connectivity index (χ3n) is 7.62. The van der Waals surface area contributed by atoms with Crippen LogP contribution in [-0.4, -0.2) is 43.0 Å². The molecule has 2 aliphatic rings. The molecule has 1 fully saturated rings. The van der Waals surface area contributed by atoms with E-state index in [0.717, 1.165) is 45.8 Å². The number of aromatic nitrogens is 1. The molecule has 37 heavy (non-hydrogen) atoms. The van der Waals surface area contributed by atoms with Crippen LogP contribution in [0.4, 0.5) is 5.82 Å². The summed E-state index contributed by atoms with van der Waals surface area (Å²) in [7, 11) is -2.96. The quantitative estimate of drug-likeness (QED) is 0.371. The molecular weight excluding hydrogens is 488 g/mol. The number of carbonyl (C=O) groups is 1. The molecular formula is C29H32N2O5S. The summed E-state index contributed by atoms with van der Waals surface area (Å²) in [6, 6.07) is 14.2. The lowest BCUT2D eigenvalue weighted by atomic mass is 9.95. The predicted molar refractivity (Wildman–Crippen MR) is 144 cm³/mol. The third kappa shape index (κ3) is 5.34. The number of hydrogen-bond donors (Lipinski definition) is 2. The Morgan fingerprint density at radius 2 is 1.97 bits per heavy atom. The van der Waals surface area contributed by atoms with Gasteiger partial charge in [0, 0.05) is 30.5 Å². The van der Waals surface area contributed by atoms with Crippen molar-refractivity contribution in [2.75, 3.05) is 23.9 Å². The Labute approximate surface area is 217 Å². The normalized spacial score (nSPS) is 19.7. The van der Waals surface area contributed by atoms with E-state index < -0.39 is 15.8 Å². The summed E-state index contributed by atoms with van der Waals surface area (Å²) >= 11 is 0. The summed E-state index contributed by atoms with van der Waals surface area (Å²) in [5, 5.41) is 12.5. The molecule has 0 radical (unpaired) electrons. The van der Waals surface area contributed by atoms with Crippen LogP contribution in [0.2, 0.25) is 0 Å². The number of sulfone groups is 1. The van der Waals surface area contributed by atoms with Gasteiger partial charge in [0.25, 0.3) is 0 Å². The molecule has 0 amide bonds. The fraction of sp³-hybridized carbons (Fsp3) is 0.379. The Balaban J connectivity index is 1.24. The van der Waals surface area contributed by atoms with Gasteiger partial charge in [-0.25, -0.2) is 13.4 Å². The number of fused-ring (bicyclic) bond motifs is 3. The second-order valence-corrected chi connectivity index (χ2v) is 12.6. The second kappa shape index (κ2) is 9.82. The van der Waals surface area contributed by atoms with Crippen LogP contribution in [-0.2, 0) is 27.7 Å². The molecule has 0 bridgehead atoms. The average molecular weight is 521 g/mol. The first-order valence-corrected chi connectivity index (χ1v) is 14.6. The number of anilines is 1. The molecule has 194 valence electrons. The first-order valence-electron chi connectivity index (χ1n) is 12.6. The number of carboxylic acids is 1. The van der Waals surface area contributed by atoms with E-state index in [1.165, 1.54) is 17.4 Å². The van der Waals surface area contributed by atoms with Gasteiger partial charge < -0.3 is 15.2 Å². The minimum Gasteiger partial charge on any atom is -0.489 e. The van der Waals surface area contributed by atoms with Crippen molar-refractivity contribution in [2.45, 2.75) is 39.2 Å². The van der Waals surface area contributed by atoms with E-state index in [9.17, 15) is 18.3 Å². The number of nitrogens with zero attached hydrogens (tertiary/aromatic N) is 1. The van der Waals surface area contributed by atoms with Crippen LogP contribution in [0.15, 0.2) is 48.7 Å². The minimum atomic E-state index is -2.96. The number of aryl methyl sites for hydroxylation is 1. The van der Waals surface area contributed by atoms with Gasteiger partial charge in [0.1, 0.15) is 28.0 Å². The number of ether oxygens (including phenoxy) is 1. The van der Waals surface area contributed by atoms with Crippen molar-refractivity contribution in [2.24, 2.45) is 11.8 Å². The van der Waals surface area contributed by atoms with Gasteiger partial charge in [-0.05, 0) is 84.2 Å². The fourth-order valence-corrected chi connectivity index (χ4v) is 6.26. The van der Waals surface area contributed by atoms with E-state index in [1.54, 1.807) is 0 Å². The van der Waals surface area contributed by atoms with E-state index in [-0.39, 0.29) is 23.5 Å². The Morgan fingerprint density at radius 1 is 1.16 bits per heavy atom. The van der Waals surface area contributed by atoms with Crippen molar-refractivity contribution in [1.29, 1.82) is 0 Å². The largest absolute Gasteiger partial charge is 0.489 e. The van der Waals surface area contributed by atoms with Gasteiger partial charge in [-0.2, -0.15) is 0 Å². The molecule has 0 aliphatic heterocycles. The van der Waals surface area contributed by atoms with Crippen LogP contribution >= 0.6 is 0 Å². The smallest absolute Gasteiger partial charge is 0.307 e. The zero-order chi connectivity index (χ0) is 26.3. The maximum atomic E-state index is 11.3. The summed E-state index contributed by atoms with van der Waals surface area (Å²) < 4.78 is 28.8. The number of carboxylic acid groups (broad SMARTS) is 1. The number of pyridine rings is 1. The SMILES string of the molecule is Cc1cc(NCCCS(C)(=O)=O)ncc1-c1cccc(COc2ccc3c(c2)CC2C(C(=O)O)C32)c1C. The first kappa shape index (κ1) is 25.3. The molecule has 3 unspecified atom stereocenters. The van der Waals surface area contributed by atoms with Crippen molar-refractivity contribution >= 4 is 21.6 Å². The highest BCUT2D eigenvalue weighted by Crippen LogP contribution is 2.61. The summed E-state index contributed by atoms with van der Waals surface area (Å²) in [5.41, 5.74) is 7.83. The molecule has 0 spiro atoms. The standard InChI is InChI=1S/C29H32N2O5S/c1-17-12-26(30-10-5-11-37(3,34)35)31-15-25(17)22-7-4-6-19(18(22)2)16-36-21-8-9-23-20(13-21)14-24-27(23)28(24)29(32)33/h4,6-9,12-13,15,24,27-28H,5,10-11,14,16H2,1-3H3,(H,30,31)(H,32,33). The molecule has 2 aliphatic carbocycles. The highest BCUT2D eigenvalue weighted by Gasteiger charge is 2.59. The van der Waals surface area contributed by atoms with Crippen molar-refractivity contribution in [1.82, 2.24) is 4.98 Å². The average Bonchev–Trinajstić information content (AvgIpc) is 3.43. The fourth-order valence-electron chi connectivity index (χ4n) is 5.59. The van der Waals surface area contributed by atoms with E-state index in [1.807, 2.05) is 37.4 Å². The van der Waals surface area contributed by atoms with Gasteiger partial charge in [0.05, 0.1) is 11.7 Å². The number of benzene rings is 2. The van der Waals surface area contributed by atoms with Gasteiger partial charge in [0.15, 0.2) is 0 Å². The monoisotopic (exact) mass is 520 g/mol. The topological polar surface area (TPSA) is 106 Å². The van der Waals surface area contributed by atoms with E-state index >= 15 is 0 Å². The summed E-state index contributed by atoms with van der Waals surface area (Å²) in [4.78, 5) is 15.9. The maximum absolute atomic E-state index is 11.3. The van der Waals surface area contributed by atoms with Gasteiger partial charge in [-0.15, -0.1) is 0 Å². The van der Waals surface area contributed by atoms with Crippen molar-refractivity contribution < 1.29 is 23.1 Å². The molecule has 0 saturated heterocycles. The van der Waals surface area contributed by atoms with Crippen LogP contribution < -0.4 is 10.1 Å². The molecule has 2 aromatic carbocycles. The van der Waals surface area contributed by atoms with Gasteiger partial charge in [-0.3, -0.25) is 4.79 Å². The number of rotatable bonds is 10. The summed E-state index contributed by atoms with van der Waals surface area (Å²) in [5.74, 6) is 1.21. The summed E-state index contributed by atoms with van der Waals surface area (Å²) in [6.45, 7) is 5.13. The molecule has 7 nitrogen and oxygen atoms in total. The highest BCUT2D eigenvalue weighted by molar-refractivity contribution is 7.90. The molecule has 1 heterocycles. The Hall–Kier alpha value is -3.39. The van der Waals surface area contributed by atoms with E-state index in [2.05, 4.69) is 35.4 Å². The van der Waals surface area contributed by atoms with Crippen LogP contribution in [0.5, 0.6) is 5.75 Å². The zero-order valence-electron chi connectivity index (χ0n) is 21.3. The van der Waals surface area contributed by atoms with Crippen molar-refractivity contribution in [3.63, 3.8) is 0 Å². The lowest BCUT2D eigenvalue weighted by Gasteiger charge is -2.16. The van der Waals surface area contributed by atoms with Crippen molar-refractivity contribution in [3.05, 3.63) is 76.5 Å². The second-order valence-electron chi connectivity index (χ2n) is 10.3. The van der Waals surface area contributed by atoms with Gasteiger partial charge in [-0.1, -0.05) is 24.3 Å². The van der Waals surface area contributed by atoms with Gasteiger partial charge >= 0.3 is 5.97 Å². The third-order valence-corrected chi connectivity index (χ3v) is 8.65. The highest BCUT2D eigenvalue weighted by atomic mass is 32.2. The molecule has 1 aromatic heterocycles. The molecule has 2 N–H and O–H groups in total. The predicted octanol–water partition coefficient (Wildman–Crippen LogP) is 4.76. The molecule has 5 rings (SSSR count). The van der Waals surface area contributed by atoms with Gasteiger partial charge in [0.2, 0.25) is 0 Å². The first-order chi connectivity index (χ1) is 17.6. The van der Waals surface area contributed by atoms with Crippen LogP contribution in [0, 0.1) is 25.7 Å². The van der Waals surface area contributed by atoms with E-state index in [4.69, 9.17) is 4.74 Å². The minimum absolute atomic E-state index is 0.156. The maximum Gasteiger partial charge on any atom is 0.307 e. The number of nitrogens with one attached hydrogen (secondary N) is 1. The molecule has 1 saturated carbocycles. The van der Waals surface area contributed by atoms with Crippen LogP contribution in [0.25, 0.3) is 11.1 Å². The van der Waals surface area contributed by atoms with Crippen LogP contribution in [0.3, 0.4) is 0 Å².